The molecule has 5 nitrogen and oxygen atoms in total. The molecule has 0 spiro atoms. The number of hydrogen-bond donors (Lipinski definition) is 0. The minimum Gasteiger partial charge on any atom is -0.469 e. The molecule has 28 heavy (non-hydrogen) atoms. The van der Waals surface area contributed by atoms with E-state index >= 15 is 0 Å². The van der Waals surface area contributed by atoms with Crippen molar-refractivity contribution in [3.8, 4) is 11.3 Å². The van der Waals surface area contributed by atoms with E-state index in [1.54, 1.807) is 29.2 Å². The van der Waals surface area contributed by atoms with Crippen molar-refractivity contribution < 1.29 is 23.1 Å². The van der Waals surface area contributed by atoms with Gasteiger partial charge in [-0.15, -0.1) is 0 Å². The molecule has 3 aromatic rings. The molecule has 0 radical (unpaired) electrons. The zero-order valence-electron chi connectivity index (χ0n) is 15.2. The van der Waals surface area contributed by atoms with Crippen molar-refractivity contribution in [1.82, 2.24) is 0 Å². The van der Waals surface area contributed by atoms with Crippen LogP contribution in [-0.2, 0) is 9.53 Å². The van der Waals surface area contributed by atoms with E-state index in [4.69, 9.17) is 9.15 Å². The van der Waals surface area contributed by atoms with Gasteiger partial charge in [-0.3, -0.25) is 9.59 Å². The lowest BCUT2D eigenvalue weighted by molar-refractivity contribution is -0.142. The van der Waals surface area contributed by atoms with Gasteiger partial charge in [0, 0.05) is 17.8 Å². The lowest BCUT2D eigenvalue weighted by Crippen LogP contribution is -2.38. The number of carbonyl (C=O) groups excluding carboxylic acids is 2. The minimum atomic E-state index is -0.392. The molecule has 1 atom stereocenters. The molecule has 1 unspecified atom stereocenters. The third-order valence-electron chi connectivity index (χ3n) is 4.92. The number of para-hydroxylation sites is 1. The van der Waals surface area contributed by atoms with Crippen molar-refractivity contribution >= 4 is 17.6 Å². The summed E-state index contributed by atoms with van der Waals surface area (Å²) in [6.07, 6.45) is 0.473. The van der Waals surface area contributed by atoms with E-state index in [1.807, 2.05) is 24.3 Å². The van der Waals surface area contributed by atoms with Crippen LogP contribution in [0.15, 0.2) is 65.1 Å². The first-order valence-corrected chi connectivity index (χ1v) is 8.93. The van der Waals surface area contributed by atoms with Gasteiger partial charge in [0.2, 0.25) is 0 Å². The summed E-state index contributed by atoms with van der Waals surface area (Å²) < 4.78 is 23.7. The zero-order chi connectivity index (χ0) is 19.7. The van der Waals surface area contributed by atoms with E-state index in [1.165, 1.54) is 19.2 Å². The van der Waals surface area contributed by atoms with Crippen LogP contribution >= 0.6 is 0 Å². The van der Waals surface area contributed by atoms with Gasteiger partial charge in [0.15, 0.2) is 5.76 Å². The molecule has 1 amide bonds. The van der Waals surface area contributed by atoms with Crippen molar-refractivity contribution in [3.05, 3.63) is 77.8 Å². The average Bonchev–Trinajstić information content (AvgIpc) is 3.22. The Morgan fingerprint density at radius 2 is 1.82 bits per heavy atom. The molecule has 1 aliphatic rings. The fourth-order valence-corrected chi connectivity index (χ4v) is 3.52. The maximum atomic E-state index is 13.1. The SMILES string of the molecule is COC(=O)C1CCN(C(=O)c2ccc(-c3ccc(F)cc3)o2)c2ccccc21. The van der Waals surface area contributed by atoms with Gasteiger partial charge in [0.05, 0.1) is 13.0 Å². The molecule has 0 aliphatic carbocycles. The van der Waals surface area contributed by atoms with Crippen molar-refractivity contribution in [2.45, 2.75) is 12.3 Å². The van der Waals surface area contributed by atoms with Crippen LogP contribution < -0.4 is 4.90 Å². The van der Waals surface area contributed by atoms with E-state index < -0.39 is 5.92 Å². The Hall–Kier alpha value is -3.41. The van der Waals surface area contributed by atoms with Gasteiger partial charge < -0.3 is 14.1 Å². The molecular weight excluding hydrogens is 361 g/mol. The number of methoxy groups -OCH3 is 1. The molecule has 2 heterocycles. The van der Waals surface area contributed by atoms with E-state index in [2.05, 4.69) is 0 Å². The van der Waals surface area contributed by atoms with Crippen LogP contribution in [0.3, 0.4) is 0 Å². The minimum absolute atomic E-state index is 0.186. The Balaban J connectivity index is 1.63. The Labute approximate surface area is 161 Å². The number of hydrogen-bond acceptors (Lipinski definition) is 4. The first kappa shape index (κ1) is 18.0. The van der Waals surface area contributed by atoms with Gasteiger partial charge in [-0.2, -0.15) is 0 Å². The number of halogens is 1. The van der Waals surface area contributed by atoms with E-state index in [0.717, 1.165) is 5.56 Å². The average molecular weight is 379 g/mol. The molecule has 1 aromatic heterocycles. The predicted octanol–water partition coefficient (Wildman–Crippen LogP) is 4.39. The van der Waals surface area contributed by atoms with Gasteiger partial charge in [-0.1, -0.05) is 18.2 Å². The molecule has 1 aliphatic heterocycles. The molecule has 6 heteroatoms. The molecular formula is C22H18FNO4. The predicted molar refractivity (Wildman–Crippen MR) is 102 cm³/mol. The summed E-state index contributed by atoms with van der Waals surface area (Å²) >= 11 is 0. The smallest absolute Gasteiger partial charge is 0.313 e. The first-order valence-electron chi connectivity index (χ1n) is 8.93. The lowest BCUT2D eigenvalue weighted by Gasteiger charge is -2.32. The molecule has 0 bridgehead atoms. The number of ether oxygens (including phenoxy) is 1. The summed E-state index contributed by atoms with van der Waals surface area (Å²) in [6, 6.07) is 16.5. The molecule has 2 aromatic carbocycles. The zero-order valence-corrected chi connectivity index (χ0v) is 15.2. The second-order valence-corrected chi connectivity index (χ2v) is 6.55. The number of esters is 1. The number of rotatable bonds is 3. The van der Waals surface area contributed by atoms with Crippen LogP contribution in [0, 0.1) is 5.82 Å². The fraction of sp³-hybridized carbons (Fsp3) is 0.182. The number of benzene rings is 2. The third-order valence-corrected chi connectivity index (χ3v) is 4.92. The quantitative estimate of drug-likeness (QED) is 0.633. The van der Waals surface area contributed by atoms with Crippen molar-refractivity contribution in [2.24, 2.45) is 0 Å². The number of amides is 1. The summed E-state index contributed by atoms with van der Waals surface area (Å²) in [5.41, 5.74) is 2.12. The van der Waals surface area contributed by atoms with Crippen LogP contribution in [0.1, 0.15) is 28.5 Å². The Kier molecular flexibility index (Phi) is 4.69. The van der Waals surface area contributed by atoms with E-state index in [9.17, 15) is 14.0 Å². The Bertz CT molecular complexity index is 1030. The fourth-order valence-electron chi connectivity index (χ4n) is 3.52. The number of anilines is 1. The summed E-state index contributed by atoms with van der Waals surface area (Å²) in [5.74, 6) is -0.652. The Morgan fingerprint density at radius 1 is 1.07 bits per heavy atom. The van der Waals surface area contributed by atoms with Crippen LogP contribution in [0.2, 0.25) is 0 Å². The van der Waals surface area contributed by atoms with E-state index in [0.29, 0.717) is 30.0 Å². The highest BCUT2D eigenvalue weighted by Crippen LogP contribution is 2.37. The second-order valence-electron chi connectivity index (χ2n) is 6.55. The van der Waals surface area contributed by atoms with E-state index in [-0.39, 0.29) is 23.5 Å². The highest BCUT2D eigenvalue weighted by atomic mass is 19.1. The maximum Gasteiger partial charge on any atom is 0.313 e. The number of carbonyl (C=O) groups is 2. The standard InChI is InChI=1S/C22H18FNO4/c1-27-22(26)17-12-13-24(18-5-3-2-4-16(17)18)21(25)20-11-10-19(28-20)14-6-8-15(23)9-7-14/h2-11,17H,12-13H2,1H3. The molecule has 0 saturated heterocycles. The summed E-state index contributed by atoms with van der Waals surface area (Å²) in [5, 5.41) is 0. The molecule has 4 rings (SSSR count). The molecule has 142 valence electrons. The molecule has 0 saturated carbocycles. The monoisotopic (exact) mass is 379 g/mol. The summed E-state index contributed by atoms with van der Waals surface area (Å²) in [6.45, 7) is 0.377. The van der Waals surface area contributed by atoms with Crippen LogP contribution in [-0.4, -0.2) is 25.5 Å². The number of nitrogens with zero attached hydrogens (tertiary/aromatic N) is 1. The highest BCUT2D eigenvalue weighted by Gasteiger charge is 2.34. The number of furan rings is 1. The molecule has 0 N–H and O–H groups in total. The van der Waals surface area contributed by atoms with Crippen molar-refractivity contribution in [1.29, 1.82) is 0 Å². The normalized spacial score (nSPS) is 15.8. The third kappa shape index (κ3) is 3.17. The van der Waals surface area contributed by atoms with Crippen molar-refractivity contribution in [2.75, 3.05) is 18.6 Å². The topological polar surface area (TPSA) is 59.8 Å². The molecule has 0 fully saturated rings. The van der Waals surface area contributed by atoms with Gasteiger partial charge in [-0.05, 0) is 54.4 Å². The second kappa shape index (κ2) is 7.31. The van der Waals surface area contributed by atoms with Crippen molar-refractivity contribution in [3.63, 3.8) is 0 Å². The summed E-state index contributed by atoms with van der Waals surface area (Å²) in [7, 11) is 1.36. The van der Waals surface area contributed by atoms with Crippen LogP contribution in [0.25, 0.3) is 11.3 Å². The van der Waals surface area contributed by atoms with Gasteiger partial charge in [0.1, 0.15) is 11.6 Å². The Morgan fingerprint density at radius 3 is 2.57 bits per heavy atom. The van der Waals surface area contributed by atoms with Gasteiger partial charge >= 0.3 is 5.97 Å². The first-order chi connectivity index (χ1) is 13.6. The maximum absolute atomic E-state index is 13.1. The van der Waals surface area contributed by atoms with Crippen LogP contribution in [0.4, 0.5) is 10.1 Å². The van der Waals surface area contributed by atoms with Gasteiger partial charge in [0.25, 0.3) is 5.91 Å². The lowest BCUT2D eigenvalue weighted by atomic mass is 9.90. The highest BCUT2D eigenvalue weighted by molar-refractivity contribution is 6.06. The van der Waals surface area contributed by atoms with Crippen LogP contribution in [0.5, 0.6) is 0 Å². The summed E-state index contributed by atoms with van der Waals surface area (Å²) in [4.78, 5) is 26.8. The number of fused-ring (bicyclic) bond motifs is 1. The van der Waals surface area contributed by atoms with Gasteiger partial charge in [-0.25, -0.2) is 4.39 Å². The largest absolute Gasteiger partial charge is 0.469 e.